The predicted molar refractivity (Wildman–Crippen MR) is 85.9 cm³/mol. The molecule has 0 saturated carbocycles. The van der Waals surface area contributed by atoms with Crippen molar-refractivity contribution in [1.82, 2.24) is 19.7 Å². The Morgan fingerprint density at radius 1 is 1.43 bits per heavy atom. The van der Waals surface area contributed by atoms with E-state index in [1.807, 2.05) is 19.1 Å². The Balaban J connectivity index is 2.18. The van der Waals surface area contributed by atoms with E-state index >= 15 is 0 Å². The normalized spacial score (nSPS) is 18.7. The van der Waals surface area contributed by atoms with E-state index in [9.17, 15) is 9.59 Å². The van der Waals surface area contributed by atoms with E-state index in [4.69, 9.17) is 5.73 Å². The molecule has 2 heterocycles. The summed E-state index contributed by atoms with van der Waals surface area (Å²) in [6.07, 6.45) is 3.29. The first-order valence-electron chi connectivity index (χ1n) is 7.21. The van der Waals surface area contributed by atoms with Gasteiger partial charge in [0.15, 0.2) is 0 Å². The molecule has 7 nitrogen and oxygen atoms in total. The number of fused-ring (bicyclic) bond motifs is 5. The van der Waals surface area contributed by atoms with Gasteiger partial charge in [0.2, 0.25) is 11.6 Å². The monoisotopic (exact) mass is 309 g/mol. The van der Waals surface area contributed by atoms with Gasteiger partial charge in [-0.1, -0.05) is 6.07 Å². The van der Waals surface area contributed by atoms with E-state index in [-0.39, 0.29) is 11.5 Å². The van der Waals surface area contributed by atoms with Gasteiger partial charge in [-0.3, -0.25) is 14.0 Å². The first kappa shape index (κ1) is 13.6. The average molecular weight is 309 g/mol. The number of rotatable bonds is 1. The second-order valence-electron chi connectivity index (χ2n) is 5.91. The van der Waals surface area contributed by atoms with Crippen LogP contribution in [-0.2, 0) is 10.3 Å². The lowest BCUT2D eigenvalue weighted by Gasteiger charge is -2.28. The van der Waals surface area contributed by atoms with Crippen molar-refractivity contribution >= 4 is 17.2 Å². The third-order valence-corrected chi connectivity index (χ3v) is 4.31. The number of amides is 1. The highest BCUT2D eigenvalue weighted by molar-refractivity contribution is 5.83. The van der Waals surface area contributed by atoms with Crippen LogP contribution in [0, 0.1) is 0 Å². The van der Waals surface area contributed by atoms with Crippen molar-refractivity contribution in [3.8, 4) is 11.3 Å². The van der Waals surface area contributed by atoms with Crippen molar-refractivity contribution in [3.63, 3.8) is 0 Å². The van der Waals surface area contributed by atoms with Crippen molar-refractivity contribution in [3.05, 3.63) is 52.2 Å². The third kappa shape index (κ3) is 1.67. The lowest BCUT2D eigenvalue weighted by atomic mass is 9.92. The van der Waals surface area contributed by atoms with Gasteiger partial charge in [0, 0.05) is 30.6 Å². The molecule has 4 N–H and O–H groups in total. The smallest absolute Gasteiger partial charge is 0.292 e. The summed E-state index contributed by atoms with van der Waals surface area (Å²) >= 11 is 0. The molecule has 1 aliphatic rings. The number of aromatic nitrogens is 3. The summed E-state index contributed by atoms with van der Waals surface area (Å²) in [6, 6.07) is 5.46. The Labute approximate surface area is 131 Å². The molecule has 1 atom stereocenters. The van der Waals surface area contributed by atoms with Gasteiger partial charge < -0.3 is 16.0 Å². The number of nitrogen functional groups attached to an aromatic ring is 1. The SMILES string of the molecule is CC(=O)NC1(C)c2cc(N)ccc2-c2[nH]c(=O)c3nccn3c21. The molecule has 1 amide bonds. The number of hydrogen-bond donors (Lipinski definition) is 3. The van der Waals surface area contributed by atoms with Crippen molar-refractivity contribution < 1.29 is 4.79 Å². The summed E-state index contributed by atoms with van der Waals surface area (Å²) in [4.78, 5) is 31.1. The van der Waals surface area contributed by atoms with Gasteiger partial charge in [0.1, 0.15) is 5.54 Å². The number of anilines is 1. The van der Waals surface area contributed by atoms with Crippen LogP contribution in [0.3, 0.4) is 0 Å². The molecule has 3 aromatic rings. The lowest BCUT2D eigenvalue weighted by molar-refractivity contribution is -0.120. The molecule has 0 bridgehead atoms. The number of H-pyrrole nitrogens is 1. The number of hydrogen-bond acceptors (Lipinski definition) is 4. The second-order valence-corrected chi connectivity index (χ2v) is 5.91. The minimum absolute atomic E-state index is 0.173. The van der Waals surface area contributed by atoms with Crippen molar-refractivity contribution in [2.75, 3.05) is 5.73 Å². The maximum atomic E-state index is 12.3. The van der Waals surface area contributed by atoms with Gasteiger partial charge in [-0.25, -0.2) is 4.98 Å². The minimum Gasteiger partial charge on any atom is -0.399 e. The van der Waals surface area contributed by atoms with Gasteiger partial charge in [0.25, 0.3) is 5.56 Å². The average Bonchev–Trinajstić information content (AvgIpc) is 3.02. The number of nitrogens with zero attached hydrogens (tertiary/aromatic N) is 2. The summed E-state index contributed by atoms with van der Waals surface area (Å²) in [6.45, 7) is 3.36. The number of imidazole rings is 1. The van der Waals surface area contributed by atoms with Crippen LogP contribution in [0.15, 0.2) is 35.4 Å². The number of benzene rings is 1. The van der Waals surface area contributed by atoms with Crippen LogP contribution < -0.4 is 16.6 Å². The Kier molecular flexibility index (Phi) is 2.49. The first-order chi connectivity index (χ1) is 10.9. The van der Waals surface area contributed by atoms with Crippen LogP contribution in [0.4, 0.5) is 5.69 Å². The molecule has 0 saturated heterocycles. The second kappa shape index (κ2) is 4.22. The number of carbonyl (C=O) groups is 1. The lowest BCUT2D eigenvalue weighted by Crippen LogP contribution is -2.43. The molecule has 7 heteroatoms. The predicted octanol–water partition coefficient (Wildman–Crippen LogP) is 0.985. The molecule has 116 valence electrons. The molecular formula is C16H15N5O2. The fourth-order valence-corrected chi connectivity index (χ4v) is 3.49. The Bertz CT molecular complexity index is 1030. The highest BCUT2D eigenvalue weighted by atomic mass is 16.1. The molecule has 0 radical (unpaired) electrons. The number of nitrogens with two attached hydrogens (primary N) is 1. The van der Waals surface area contributed by atoms with Crippen molar-refractivity contribution in [2.24, 2.45) is 0 Å². The van der Waals surface area contributed by atoms with E-state index in [1.54, 1.807) is 22.9 Å². The molecule has 1 aliphatic carbocycles. The molecule has 0 spiro atoms. The van der Waals surface area contributed by atoms with Gasteiger partial charge in [-0.15, -0.1) is 0 Å². The van der Waals surface area contributed by atoms with E-state index in [0.29, 0.717) is 17.0 Å². The fourth-order valence-electron chi connectivity index (χ4n) is 3.49. The van der Waals surface area contributed by atoms with Crippen LogP contribution in [0.5, 0.6) is 0 Å². The molecule has 2 aromatic heterocycles. The first-order valence-corrected chi connectivity index (χ1v) is 7.21. The highest BCUT2D eigenvalue weighted by Crippen LogP contribution is 2.46. The molecule has 23 heavy (non-hydrogen) atoms. The van der Waals surface area contributed by atoms with Crippen LogP contribution in [0.1, 0.15) is 25.1 Å². The van der Waals surface area contributed by atoms with Crippen LogP contribution in [0.2, 0.25) is 0 Å². The summed E-state index contributed by atoms with van der Waals surface area (Å²) < 4.78 is 1.72. The summed E-state index contributed by atoms with van der Waals surface area (Å²) in [5, 5.41) is 2.99. The molecule has 4 rings (SSSR count). The number of aromatic amines is 1. The molecule has 0 aliphatic heterocycles. The van der Waals surface area contributed by atoms with E-state index in [2.05, 4.69) is 15.3 Å². The zero-order chi connectivity index (χ0) is 16.4. The van der Waals surface area contributed by atoms with E-state index < -0.39 is 5.54 Å². The van der Waals surface area contributed by atoms with E-state index in [1.165, 1.54) is 6.92 Å². The number of nitrogens with one attached hydrogen (secondary N) is 2. The maximum absolute atomic E-state index is 12.3. The summed E-state index contributed by atoms with van der Waals surface area (Å²) in [7, 11) is 0. The van der Waals surface area contributed by atoms with E-state index in [0.717, 1.165) is 16.8 Å². The van der Waals surface area contributed by atoms with Crippen molar-refractivity contribution in [1.29, 1.82) is 0 Å². The van der Waals surface area contributed by atoms with Gasteiger partial charge >= 0.3 is 0 Å². The topological polar surface area (TPSA) is 105 Å². The maximum Gasteiger partial charge on any atom is 0.292 e. The quantitative estimate of drug-likeness (QED) is 0.583. The third-order valence-electron chi connectivity index (χ3n) is 4.31. The Morgan fingerprint density at radius 2 is 2.22 bits per heavy atom. The largest absolute Gasteiger partial charge is 0.399 e. The summed E-state index contributed by atoms with van der Waals surface area (Å²) in [5.74, 6) is -0.173. The molecule has 1 unspecified atom stereocenters. The number of carbonyl (C=O) groups excluding carboxylic acids is 1. The van der Waals surface area contributed by atoms with Crippen LogP contribution >= 0.6 is 0 Å². The van der Waals surface area contributed by atoms with Gasteiger partial charge in [0.05, 0.1) is 11.4 Å². The summed E-state index contributed by atoms with van der Waals surface area (Å²) in [5.41, 5.74) is 8.87. The highest BCUT2D eigenvalue weighted by Gasteiger charge is 2.43. The molecular weight excluding hydrogens is 294 g/mol. The van der Waals surface area contributed by atoms with Crippen LogP contribution in [0.25, 0.3) is 16.9 Å². The Hall–Kier alpha value is -3.09. The zero-order valence-corrected chi connectivity index (χ0v) is 12.7. The fraction of sp³-hybridized carbons (Fsp3) is 0.188. The van der Waals surface area contributed by atoms with Crippen molar-refractivity contribution in [2.45, 2.75) is 19.4 Å². The van der Waals surface area contributed by atoms with Crippen LogP contribution in [-0.4, -0.2) is 20.3 Å². The standard InChI is InChI=1S/C16H15N5O2/c1-8(22)20-16(2)11-7-9(17)3-4-10(11)12-13(16)21-6-5-18-14(21)15(23)19-12/h3-7H,17H2,1-2H3,(H,19,23)(H,20,22). The molecule has 1 aromatic carbocycles. The minimum atomic E-state index is -0.810. The van der Waals surface area contributed by atoms with Gasteiger partial charge in [-0.05, 0) is 24.6 Å². The molecule has 0 fully saturated rings. The zero-order valence-electron chi connectivity index (χ0n) is 12.7. The Morgan fingerprint density at radius 3 is 2.96 bits per heavy atom. The van der Waals surface area contributed by atoms with Gasteiger partial charge in [-0.2, -0.15) is 0 Å².